The molecule has 0 bridgehead atoms. The molecule has 0 spiro atoms. The normalized spacial score (nSPS) is 12.8. The van der Waals surface area contributed by atoms with E-state index in [1.807, 2.05) is 20.8 Å². The molecule has 16 heavy (non-hydrogen) atoms. The molecule has 4 heteroatoms. The second-order valence-corrected chi connectivity index (χ2v) is 3.89. The number of aryl methyl sites for hydroxylation is 2. The summed E-state index contributed by atoms with van der Waals surface area (Å²) in [6.45, 7) is 9.87. The number of methoxy groups -OCH3 is 1. The Hall–Kier alpha value is -1.00. The molecule has 0 saturated heterocycles. The van der Waals surface area contributed by atoms with Gasteiger partial charge in [-0.3, -0.25) is 0 Å². The highest BCUT2D eigenvalue weighted by Crippen LogP contribution is 2.16. The number of hydrogen-bond acceptors (Lipinski definition) is 4. The van der Waals surface area contributed by atoms with E-state index in [2.05, 4.69) is 22.2 Å². The van der Waals surface area contributed by atoms with Crippen LogP contribution in [-0.4, -0.2) is 23.6 Å². The zero-order valence-electron chi connectivity index (χ0n) is 10.8. The van der Waals surface area contributed by atoms with Crippen LogP contribution in [0.5, 0.6) is 0 Å². The summed E-state index contributed by atoms with van der Waals surface area (Å²) in [6.07, 6.45) is -0.0504. The third kappa shape index (κ3) is 3.00. The molecule has 1 heterocycles. The lowest BCUT2D eigenvalue weighted by Crippen LogP contribution is -2.17. The fourth-order valence-corrected chi connectivity index (χ4v) is 1.56. The average Bonchev–Trinajstić information content (AvgIpc) is 2.26. The molecule has 90 valence electrons. The van der Waals surface area contributed by atoms with Crippen LogP contribution in [0.25, 0.3) is 0 Å². The van der Waals surface area contributed by atoms with Crippen LogP contribution in [0.4, 0.5) is 0 Å². The van der Waals surface area contributed by atoms with E-state index in [1.165, 1.54) is 5.56 Å². The van der Waals surface area contributed by atoms with Gasteiger partial charge in [-0.1, -0.05) is 6.92 Å². The number of hydrogen-bond donors (Lipinski definition) is 1. The van der Waals surface area contributed by atoms with E-state index >= 15 is 0 Å². The highest BCUT2D eigenvalue weighted by Gasteiger charge is 2.12. The van der Waals surface area contributed by atoms with Crippen LogP contribution in [0, 0.1) is 13.8 Å². The van der Waals surface area contributed by atoms with Crippen molar-refractivity contribution in [3.05, 3.63) is 22.8 Å². The fourth-order valence-electron chi connectivity index (χ4n) is 1.56. The third-order valence-electron chi connectivity index (χ3n) is 2.71. The van der Waals surface area contributed by atoms with Gasteiger partial charge in [-0.05, 0) is 27.3 Å². The van der Waals surface area contributed by atoms with Gasteiger partial charge in [0.15, 0.2) is 5.82 Å². The maximum atomic E-state index is 5.23. The van der Waals surface area contributed by atoms with Gasteiger partial charge in [-0.2, -0.15) is 0 Å². The minimum absolute atomic E-state index is 0.0504. The molecule has 0 aliphatic heterocycles. The van der Waals surface area contributed by atoms with Crippen LogP contribution < -0.4 is 5.32 Å². The van der Waals surface area contributed by atoms with E-state index < -0.39 is 0 Å². The van der Waals surface area contributed by atoms with Gasteiger partial charge in [-0.15, -0.1) is 0 Å². The molecule has 1 unspecified atom stereocenters. The molecule has 1 N–H and O–H groups in total. The molecule has 0 amide bonds. The van der Waals surface area contributed by atoms with E-state index in [9.17, 15) is 0 Å². The van der Waals surface area contributed by atoms with Crippen molar-refractivity contribution in [3.63, 3.8) is 0 Å². The zero-order chi connectivity index (χ0) is 12.1. The summed E-state index contributed by atoms with van der Waals surface area (Å²) in [6, 6.07) is 0. The molecule has 0 aliphatic rings. The topological polar surface area (TPSA) is 47.0 Å². The number of rotatable bonds is 5. The van der Waals surface area contributed by atoms with E-state index in [-0.39, 0.29) is 6.10 Å². The van der Waals surface area contributed by atoms with Gasteiger partial charge in [0.05, 0.1) is 0 Å². The molecule has 1 aromatic rings. The van der Waals surface area contributed by atoms with E-state index in [0.717, 1.165) is 30.3 Å². The van der Waals surface area contributed by atoms with Gasteiger partial charge >= 0.3 is 0 Å². The molecule has 0 fully saturated rings. The molecule has 0 aliphatic carbocycles. The highest BCUT2D eigenvalue weighted by molar-refractivity contribution is 5.24. The van der Waals surface area contributed by atoms with Gasteiger partial charge in [-0.25, -0.2) is 9.97 Å². The van der Waals surface area contributed by atoms with Crippen molar-refractivity contribution in [3.8, 4) is 0 Å². The minimum Gasteiger partial charge on any atom is -0.374 e. The standard InChI is InChI=1S/C12H21N3O/c1-6-13-7-11-8(2)14-12(10(4)16-5)15-9(11)3/h10,13H,6-7H2,1-5H3. The van der Waals surface area contributed by atoms with Crippen molar-refractivity contribution >= 4 is 0 Å². The summed E-state index contributed by atoms with van der Waals surface area (Å²) in [4.78, 5) is 8.96. The molecule has 0 radical (unpaired) electrons. The second kappa shape index (κ2) is 5.92. The molecular formula is C12H21N3O. The van der Waals surface area contributed by atoms with Gasteiger partial charge in [0.2, 0.25) is 0 Å². The number of nitrogens with zero attached hydrogens (tertiary/aromatic N) is 2. The number of aromatic nitrogens is 2. The quantitative estimate of drug-likeness (QED) is 0.828. The molecule has 0 aromatic carbocycles. The molecular weight excluding hydrogens is 202 g/mol. The van der Waals surface area contributed by atoms with Gasteiger partial charge in [0.25, 0.3) is 0 Å². The Balaban J connectivity index is 2.97. The first-order chi connectivity index (χ1) is 7.60. The second-order valence-electron chi connectivity index (χ2n) is 3.89. The van der Waals surface area contributed by atoms with Crippen LogP contribution >= 0.6 is 0 Å². The van der Waals surface area contributed by atoms with Crippen molar-refractivity contribution in [1.82, 2.24) is 15.3 Å². The first-order valence-corrected chi connectivity index (χ1v) is 5.67. The maximum Gasteiger partial charge on any atom is 0.157 e. The molecule has 1 rings (SSSR count). The van der Waals surface area contributed by atoms with Gasteiger partial charge in [0, 0.05) is 30.6 Å². The van der Waals surface area contributed by atoms with Crippen LogP contribution in [0.1, 0.15) is 42.7 Å². The van der Waals surface area contributed by atoms with E-state index in [4.69, 9.17) is 4.74 Å². The molecule has 4 nitrogen and oxygen atoms in total. The number of nitrogens with one attached hydrogen (secondary N) is 1. The first kappa shape index (κ1) is 13.1. The lowest BCUT2D eigenvalue weighted by molar-refractivity contribution is 0.111. The molecule has 0 saturated carbocycles. The SMILES string of the molecule is CCNCc1c(C)nc(C(C)OC)nc1C. The Labute approximate surface area is 97.5 Å². The van der Waals surface area contributed by atoms with Crippen LogP contribution in [0.15, 0.2) is 0 Å². The smallest absolute Gasteiger partial charge is 0.157 e. The predicted octanol–water partition coefficient (Wildman–Crippen LogP) is 1.91. The number of ether oxygens (including phenoxy) is 1. The lowest BCUT2D eigenvalue weighted by Gasteiger charge is -2.14. The monoisotopic (exact) mass is 223 g/mol. The Morgan fingerprint density at radius 3 is 2.25 bits per heavy atom. The van der Waals surface area contributed by atoms with Crippen LogP contribution in [0.2, 0.25) is 0 Å². The van der Waals surface area contributed by atoms with Gasteiger partial charge < -0.3 is 10.1 Å². The first-order valence-electron chi connectivity index (χ1n) is 5.67. The highest BCUT2D eigenvalue weighted by atomic mass is 16.5. The van der Waals surface area contributed by atoms with Crippen molar-refractivity contribution in [2.45, 2.75) is 40.3 Å². The summed E-state index contributed by atoms with van der Waals surface area (Å²) in [7, 11) is 1.67. The van der Waals surface area contributed by atoms with Crippen LogP contribution in [-0.2, 0) is 11.3 Å². The zero-order valence-corrected chi connectivity index (χ0v) is 10.8. The van der Waals surface area contributed by atoms with Crippen molar-refractivity contribution in [2.24, 2.45) is 0 Å². The largest absolute Gasteiger partial charge is 0.374 e. The summed E-state index contributed by atoms with van der Waals surface area (Å²) in [5.74, 6) is 0.762. The summed E-state index contributed by atoms with van der Waals surface area (Å²) in [5.41, 5.74) is 3.26. The predicted molar refractivity (Wildman–Crippen MR) is 64.3 cm³/mol. The van der Waals surface area contributed by atoms with Crippen molar-refractivity contribution in [1.29, 1.82) is 0 Å². The Bertz CT molecular complexity index is 329. The fraction of sp³-hybridized carbons (Fsp3) is 0.667. The molecule has 1 aromatic heterocycles. The third-order valence-corrected chi connectivity index (χ3v) is 2.71. The Morgan fingerprint density at radius 1 is 1.25 bits per heavy atom. The van der Waals surface area contributed by atoms with Crippen molar-refractivity contribution < 1.29 is 4.74 Å². The Morgan fingerprint density at radius 2 is 1.81 bits per heavy atom. The van der Waals surface area contributed by atoms with E-state index in [0.29, 0.717) is 0 Å². The maximum absolute atomic E-state index is 5.23. The Kier molecular flexibility index (Phi) is 4.83. The minimum atomic E-state index is -0.0504. The summed E-state index contributed by atoms with van der Waals surface area (Å²) >= 11 is 0. The molecule has 1 atom stereocenters. The van der Waals surface area contributed by atoms with E-state index in [1.54, 1.807) is 7.11 Å². The van der Waals surface area contributed by atoms with Crippen molar-refractivity contribution in [2.75, 3.05) is 13.7 Å². The van der Waals surface area contributed by atoms with Crippen LogP contribution in [0.3, 0.4) is 0 Å². The summed E-state index contributed by atoms with van der Waals surface area (Å²) < 4.78 is 5.23. The lowest BCUT2D eigenvalue weighted by atomic mass is 10.1. The van der Waals surface area contributed by atoms with Gasteiger partial charge in [0.1, 0.15) is 6.10 Å². The summed E-state index contributed by atoms with van der Waals surface area (Å²) in [5, 5.41) is 3.30. The average molecular weight is 223 g/mol.